The lowest BCUT2D eigenvalue weighted by Gasteiger charge is -2.12. The van der Waals surface area contributed by atoms with Gasteiger partial charge in [-0.15, -0.1) is 24.0 Å². The molecule has 0 radical (unpaired) electrons. The largest absolute Gasteiger partial charge is 0.381 e. The van der Waals surface area contributed by atoms with Gasteiger partial charge in [0.05, 0.1) is 13.2 Å². The molecule has 1 fully saturated rings. The lowest BCUT2D eigenvalue weighted by molar-refractivity contribution is 0.0893. The Bertz CT molecular complexity index is 434. The maximum Gasteiger partial charge on any atom is 0.191 e. The third kappa shape index (κ3) is 8.89. The topological polar surface area (TPSA) is 59.8 Å². The molecule has 6 nitrogen and oxygen atoms in total. The Balaban J connectivity index is 0.00000288. The molecular weight excluding hydrogens is 419 g/mol. The van der Waals surface area contributed by atoms with Crippen LogP contribution in [0.3, 0.4) is 0 Å². The monoisotopic (exact) mass is 450 g/mol. The van der Waals surface area contributed by atoms with E-state index in [4.69, 9.17) is 9.47 Å². The van der Waals surface area contributed by atoms with Gasteiger partial charge in [0.25, 0.3) is 0 Å². The van der Waals surface area contributed by atoms with Gasteiger partial charge in [-0.25, -0.2) is 0 Å². The highest BCUT2D eigenvalue weighted by Gasteiger charge is 2.15. The fraction of sp³-hybridized carbons (Fsp3) is 0.706. The van der Waals surface area contributed by atoms with Gasteiger partial charge in [-0.05, 0) is 31.9 Å². The number of aliphatic imine (C=N–C) groups is 1. The van der Waals surface area contributed by atoms with E-state index in [2.05, 4.69) is 39.5 Å². The Hall–Kier alpha value is -0.800. The Morgan fingerprint density at radius 1 is 1.33 bits per heavy atom. The number of halogens is 1. The van der Waals surface area contributed by atoms with Gasteiger partial charge in [0.15, 0.2) is 5.96 Å². The molecule has 0 spiro atoms. The van der Waals surface area contributed by atoms with Gasteiger partial charge in [0.1, 0.15) is 0 Å². The first-order valence-electron chi connectivity index (χ1n) is 8.67. The Kier molecular flexibility index (Phi) is 11.9. The van der Waals surface area contributed by atoms with Crippen molar-refractivity contribution in [1.29, 1.82) is 0 Å². The number of rotatable bonds is 10. The van der Waals surface area contributed by atoms with E-state index in [0.29, 0.717) is 5.92 Å². The lowest BCUT2D eigenvalue weighted by atomic mass is 10.1. The van der Waals surface area contributed by atoms with E-state index in [1.165, 1.54) is 0 Å². The zero-order valence-electron chi connectivity index (χ0n) is 14.6. The van der Waals surface area contributed by atoms with Crippen LogP contribution in [-0.2, 0) is 16.0 Å². The van der Waals surface area contributed by atoms with E-state index < -0.39 is 0 Å². The first kappa shape index (κ1) is 21.2. The number of nitrogens with one attached hydrogen (secondary N) is 2. The summed E-state index contributed by atoms with van der Waals surface area (Å²) >= 11 is 0. The summed E-state index contributed by atoms with van der Waals surface area (Å²) in [5.74, 6) is 1.47. The molecule has 0 saturated carbocycles. The molecular formula is C17H31IN4O2. The maximum absolute atomic E-state index is 5.70. The van der Waals surface area contributed by atoms with Crippen LogP contribution in [0.5, 0.6) is 0 Å². The van der Waals surface area contributed by atoms with Gasteiger partial charge in [-0.1, -0.05) is 0 Å². The molecule has 1 aromatic rings. The number of guanidine groups is 1. The quantitative estimate of drug-likeness (QED) is 0.248. The van der Waals surface area contributed by atoms with Crippen LogP contribution in [0, 0.1) is 5.92 Å². The van der Waals surface area contributed by atoms with E-state index >= 15 is 0 Å². The molecule has 24 heavy (non-hydrogen) atoms. The van der Waals surface area contributed by atoms with Crippen molar-refractivity contribution in [3.05, 3.63) is 24.5 Å². The van der Waals surface area contributed by atoms with E-state index in [-0.39, 0.29) is 24.0 Å². The average Bonchev–Trinajstić information content (AvgIpc) is 3.24. The number of ether oxygens (including phenoxy) is 2. The first-order chi connectivity index (χ1) is 11.4. The molecule has 1 atom stereocenters. The van der Waals surface area contributed by atoms with Crippen LogP contribution < -0.4 is 10.6 Å². The Morgan fingerprint density at radius 2 is 2.17 bits per heavy atom. The highest BCUT2D eigenvalue weighted by molar-refractivity contribution is 14.0. The van der Waals surface area contributed by atoms with E-state index in [1.807, 2.05) is 12.1 Å². The van der Waals surface area contributed by atoms with Crippen LogP contribution in [0.25, 0.3) is 0 Å². The lowest BCUT2D eigenvalue weighted by Crippen LogP contribution is -2.38. The molecule has 2 rings (SSSR count). The van der Waals surface area contributed by atoms with E-state index in [1.54, 1.807) is 0 Å². The molecule has 1 aliphatic heterocycles. The zero-order chi connectivity index (χ0) is 16.2. The summed E-state index contributed by atoms with van der Waals surface area (Å²) in [4.78, 5) is 4.58. The third-order valence-corrected chi connectivity index (χ3v) is 3.77. The summed E-state index contributed by atoms with van der Waals surface area (Å²) in [5.41, 5.74) is 0. The van der Waals surface area contributed by atoms with Crippen molar-refractivity contribution in [2.75, 3.05) is 46.1 Å². The van der Waals surface area contributed by atoms with Gasteiger partial charge in [0, 0.05) is 57.7 Å². The van der Waals surface area contributed by atoms with E-state index in [0.717, 1.165) is 71.4 Å². The second-order valence-corrected chi connectivity index (χ2v) is 5.77. The summed E-state index contributed by atoms with van der Waals surface area (Å²) in [7, 11) is 0. The first-order valence-corrected chi connectivity index (χ1v) is 8.67. The van der Waals surface area contributed by atoms with Gasteiger partial charge < -0.3 is 24.7 Å². The van der Waals surface area contributed by atoms with Gasteiger partial charge in [-0.2, -0.15) is 0 Å². The number of aromatic nitrogens is 1. The van der Waals surface area contributed by atoms with Crippen molar-refractivity contribution in [3.63, 3.8) is 0 Å². The molecule has 7 heteroatoms. The van der Waals surface area contributed by atoms with Crippen LogP contribution in [0.4, 0.5) is 0 Å². The molecule has 1 aromatic heterocycles. The summed E-state index contributed by atoms with van der Waals surface area (Å²) in [6, 6.07) is 4.08. The fourth-order valence-electron chi connectivity index (χ4n) is 2.49. The smallest absolute Gasteiger partial charge is 0.191 e. The average molecular weight is 450 g/mol. The highest BCUT2D eigenvalue weighted by Crippen LogP contribution is 2.12. The Labute approximate surface area is 162 Å². The van der Waals surface area contributed by atoms with Crippen molar-refractivity contribution in [2.45, 2.75) is 26.3 Å². The molecule has 0 aromatic carbocycles. The fourth-order valence-corrected chi connectivity index (χ4v) is 2.49. The normalized spacial score (nSPS) is 17.5. The van der Waals surface area contributed by atoms with Crippen molar-refractivity contribution < 1.29 is 9.47 Å². The minimum absolute atomic E-state index is 0. The van der Waals surface area contributed by atoms with Crippen LogP contribution >= 0.6 is 24.0 Å². The van der Waals surface area contributed by atoms with Crippen LogP contribution in [0.1, 0.15) is 19.8 Å². The van der Waals surface area contributed by atoms with Crippen LogP contribution in [0.2, 0.25) is 0 Å². The molecule has 1 saturated heterocycles. The second kappa shape index (κ2) is 13.5. The van der Waals surface area contributed by atoms with Crippen LogP contribution in [-0.4, -0.2) is 56.6 Å². The highest BCUT2D eigenvalue weighted by atomic mass is 127. The minimum Gasteiger partial charge on any atom is -0.381 e. The summed E-state index contributed by atoms with van der Waals surface area (Å²) < 4.78 is 13.2. The third-order valence-electron chi connectivity index (χ3n) is 3.77. The van der Waals surface area contributed by atoms with E-state index in [9.17, 15) is 0 Å². The maximum atomic E-state index is 5.70. The summed E-state index contributed by atoms with van der Waals surface area (Å²) in [6.07, 6.45) is 6.22. The van der Waals surface area contributed by atoms with Crippen molar-refractivity contribution in [2.24, 2.45) is 10.9 Å². The van der Waals surface area contributed by atoms with Gasteiger partial charge in [-0.3, -0.25) is 4.99 Å². The molecule has 1 unspecified atom stereocenters. The standard InChI is InChI=1S/C17H30N4O2.HI/c1-2-18-17(20-8-11-21-9-3-4-10-21)19-7-5-12-22-14-16-6-13-23-15-16;/h3-4,9-10,16H,2,5-8,11-15H2,1H3,(H2,18,19,20);1H. The molecule has 2 heterocycles. The zero-order valence-corrected chi connectivity index (χ0v) is 16.9. The molecule has 0 aliphatic carbocycles. The number of nitrogens with zero attached hydrogens (tertiary/aromatic N) is 2. The number of hydrogen-bond acceptors (Lipinski definition) is 3. The van der Waals surface area contributed by atoms with Gasteiger partial charge in [0.2, 0.25) is 0 Å². The molecule has 0 bridgehead atoms. The number of hydrogen-bond donors (Lipinski definition) is 2. The predicted molar refractivity (Wildman–Crippen MR) is 108 cm³/mol. The molecule has 0 amide bonds. The molecule has 2 N–H and O–H groups in total. The minimum atomic E-state index is 0. The molecule has 1 aliphatic rings. The molecule has 138 valence electrons. The summed E-state index contributed by atoms with van der Waals surface area (Å²) in [5, 5.41) is 6.63. The second-order valence-electron chi connectivity index (χ2n) is 5.77. The van der Waals surface area contributed by atoms with Crippen molar-refractivity contribution in [1.82, 2.24) is 15.2 Å². The summed E-state index contributed by atoms with van der Waals surface area (Å²) in [6.45, 7) is 8.85. The Morgan fingerprint density at radius 3 is 2.88 bits per heavy atom. The van der Waals surface area contributed by atoms with Crippen LogP contribution in [0.15, 0.2) is 29.5 Å². The van der Waals surface area contributed by atoms with Crippen molar-refractivity contribution >= 4 is 29.9 Å². The predicted octanol–water partition coefficient (Wildman–Crippen LogP) is 2.10. The van der Waals surface area contributed by atoms with Gasteiger partial charge >= 0.3 is 0 Å². The van der Waals surface area contributed by atoms with Crippen molar-refractivity contribution in [3.8, 4) is 0 Å². The SMILES string of the molecule is CCNC(=NCCCOCC1CCOC1)NCCn1cccc1.I.